The van der Waals surface area contributed by atoms with Gasteiger partial charge in [0.05, 0.1) is 16.0 Å². The fraction of sp³-hybridized carbons (Fsp3) is 0.316. The Labute approximate surface area is 178 Å². The molecule has 1 fully saturated rings. The molecule has 5 nitrogen and oxygen atoms in total. The van der Waals surface area contributed by atoms with Crippen LogP contribution in [0.3, 0.4) is 0 Å². The van der Waals surface area contributed by atoms with E-state index in [2.05, 4.69) is 0 Å². The maximum atomic E-state index is 13.0. The molecule has 0 aromatic heterocycles. The molecule has 0 radical (unpaired) electrons. The largest absolute Gasteiger partial charge is 0.416 e. The fourth-order valence-corrected chi connectivity index (χ4v) is 4.62. The van der Waals surface area contributed by atoms with Crippen LogP contribution < -0.4 is 0 Å². The highest BCUT2D eigenvalue weighted by atomic mass is 32.2. The number of nitrogens with zero attached hydrogens (tertiary/aromatic N) is 2. The van der Waals surface area contributed by atoms with Crippen molar-refractivity contribution in [2.45, 2.75) is 17.2 Å². The van der Waals surface area contributed by atoms with Crippen LogP contribution in [-0.4, -0.2) is 49.7 Å². The zero-order valence-corrected chi connectivity index (χ0v) is 16.9. The van der Waals surface area contributed by atoms with Gasteiger partial charge in [-0.2, -0.15) is 30.6 Å². The van der Waals surface area contributed by atoms with E-state index in [1.165, 1.54) is 17.0 Å². The van der Waals surface area contributed by atoms with Crippen LogP contribution in [0.1, 0.15) is 21.5 Å². The molecule has 0 N–H and O–H groups in total. The summed E-state index contributed by atoms with van der Waals surface area (Å²) in [4.78, 5) is 12.5. The summed E-state index contributed by atoms with van der Waals surface area (Å²) in [7, 11) is -4.70. The first-order chi connectivity index (χ1) is 14.7. The van der Waals surface area contributed by atoms with Gasteiger partial charge in [-0.25, -0.2) is 12.8 Å². The van der Waals surface area contributed by atoms with Crippen LogP contribution >= 0.6 is 0 Å². The van der Waals surface area contributed by atoms with Crippen molar-refractivity contribution < 1.29 is 43.9 Å². The molecule has 2 aromatic carbocycles. The van der Waals surface area contributed by atoms with Crippen LogP contribution in [0, 0.1) is 5.82 Å². The van der Waals surface area contributed by atoms with Gasteiger partial charge in [0.1, 0.15) is 5.82 Å². The van der Waals surface area contributed by atoms with Gasteiger partial charge in [0, 0.05) is 31.7 Å². The van der Waals surface area contributed by atoms with E-state index in [9.17, 15) is 43.9 Å². The second kappa shape index (κ2) is 8.35. The number of hydrogen-bond acceptors (Lipinski definition) is 3. The Balaban J connectivity index is 1.83. The summed E-state index contributed by atoms with van der Waals surface area (Å²) >= 11 is 0. The van der Waals surface area contributed by atoms with E-state index in [1.807, 2.05) is 0 Å². The van der Waals surface area contributed by atoms with Gasteiger partial charge in [-0.1, -0.05) is 0 Å². The molecule has 0 atom stereocenters. The van der Waals surface area contributed by atoms with E-state index in [4.69, 9.17) is 0 Å². The first kappa shape index (κ1) is 24.0. The van der Waals surface area contributed by atoms with Crippen molar-refractivity contribution in [2.75, 3.05) is 26.2 Å². The summed E-state index contributed by atoms with van der Waals surface area (Å²) in [5.74, 6) is -1.07. The number of carbonyl (C=O) groups is 1. The predicted molar refractivity (Wildman–Crippen MR) is 97.5 cm³/mol. The average molecular weight is 484 g/mol. The third-order valence-corrected chi connectivity index (χ3v) is 6.69. The van der Waals surface area contributed by atoms with Gasteiger partial charge in [-0.15, -0.1) is 0 Å². The molecule has 3 rings (SSSR count). The van der Waals surface area contributed by atoms with Crippen molar-refractivity contribution in [2.24, 2.45) is 0 Å². The number of benzene rings is 2. The fourth-order valence-electron chi connectivity index (χ4n) is 3.13. The van der Waals surface area contributed by atoms with Crippen molar-refractivity contribution in [1.82, 2.24) is 9.21 Å². The third kappa shape index (κ3) is 5.04. The van der Waals surface area contributed by atoms with Crippen molar-refractivity contribution in [3.8, 4) is 0 Å². The van der Waals surface area contributed by atoms with E-state index in [1.54, 1.807) is 0 Å². The topological polar surface area (TPSA) is 57.7 Å². The molecule has 0 bridgehead atoms. The molecule has 2 aromatic rings. The zero-order chi connectivity index (χ0) is 23.9. The lowest BCUT2D eigenvalue weighted by Gasteiger charge is -2.34. The molecule has 0 saturated carbocycles. The van der Waals surface area contributed by atoms with E-state index < -0.39 is 50.1 Å². The van der Waals surface area contributed by atoms with Gasteiger partial charge >= 0.3 is 12.4 Å². The SMILES string of the molecule is O=C(c1ccc(F)cc1)N1CCN(S(=O)(=O)c2cc(C(F)(F)F)cc(C(F)(F)F)c2)CC1. The third-order valence-electron chi connectivity index (χ3n) is 4.82. The van der Waals surface area contributed by atoms with Crippen LogP contribution in [0.4, 0.5) is 30.7 Å². The van der Waals surface area contributed by atoms with Gasteiger partial charge in [0.2, 0.25) is 10.0 Å². The molecule has 1 aliphatic rings. The Hall–Kier alpha value is -2.67. The number of carbonyl (C=O) groups excluding carboxylic acids is 1. The molecule has 0 aliphatic carbocycles. The van der Waals surface area contributed by atoms with Crippen LogP contribution in [0.15, 0.2) is 47.4 Å². The summed E-state index contributed by atoms with van der Waals surface area (Å²) in [6.07, 6.45) is -10.4. The van der Waals surface area contributed by atoms with Gasteiger partial charge in [-0.3, -0.25) is 4.79 Å². The highest BCUT2D eigenvalue weighted by Crippen LogP contribution is 2.37. The van der Waals surface area contributed by atoms with Crippen LogP contribution in [0.2, 0.25) is 0 Å². The predicted octanol–water partition coefficient (Wildman–Crippen LogP) is 4.01. The quantitative estimate of drug-likeness (QED) is 0.619. The Morgan fingerprint density at radius 3 is 1.69 bits per heavy atom. The first-order valence-corrected chi connectivity index (χ1v) is 10.5. The molecule has 32 heavy (non-hydrogen) atoms. The minimum absolute atomic E-state index is 0.149. The average Bonchev–Trinajstić information content (AvgIpc) is 2.72. The number of sulfonamides is 1. The Morgan fingerprint density at radius 1 is 0.781 bits per heavy atom. The van der Waals surface area contributed by atoms with Crippen molar-refractivity contribution in [3.05, 3.63) is 65.0 Å². The molecule has 0 unspecified atom stereocenters. The van der Waals surface area contributed by atoms with Gasteiger partial charge in [0.25, 0.3) is 5.91 Å². The van der Waals surface area contributed by atoms with Crippen LogP contribution in [0.25, 0.3) is 0 Å². The van der Waals surface area contributed by atoms with E-state index in [0.29, 0.717) is 0 Å². The van der Waals surface area contributed by atoms with Crippen LogP contribution in [0.5, 0.6) is 0 Å². The zero-order valence-electron chi connectivity index (χ0n) is 16.0. The van der Waals surface area contributed by atoms with Crippen molar-refractivity contribution >= 4 is 15.9 Å². The van der Waals surface area contributed by atoms with E-state index in [0.717, 1.165) is 16.4 Å². The molecule has 1 saturated heterocycles. The second-order valence-electron chi connectivity index (χ2n) is 6.94. The van der Waals surface area contributed by atoms with Crippen LogP contribution in [-0.2, 0) is 22.4 Å². The number of alkyl halides is 6. The van der Waals surface area contributed by atoms with E-state index in [-0.39, 0.29) is 49.9 Å². The maximum absolute atomic E-state index is 13.0. The summed E-state index contributed by atoms with van der Waals surface area (Å²) < 4.78 is 118. The molecule has 1 aliphatic heterocycles. The molecule has 174 valence electrons. The molecular formula is C19H15F7N2O3S. The summed E-state index contributed by atoms with van der Waals surface area (Å²) in [6.45, 7) is -0.985. The van der Waals surface area contributed by atoms with Gasteiger partial charge < -0.3 is 4.90 Å². The Bertz CT molecular complexity index is 1070. The standard InChI is InChI=1S/C19H15F7N2O3S/c20-15-3-1-12(2-4-15)17(29)27-5-7-28(8-6-27)32(30,31)16-10-13(18(21,22)23)9-14(11-16)19(24,25)26/h1-4,9-11H,5-8H2. The Kier molecular flexibility index (Phi) is 6.26. The highest BCUT2D eigenvalue weighted by molar-refractivity contribution is 7.89. The summed E-state index contributed by atoms with van der Waals surface area (Å²) in [6, 6.07) is 4.77. The molecule has 1 amide bonds. The lowest BCUT2D eigenvalue weighted by atomic mass is 10.1. The second-order valence-corrected chi connectivity index (χ2v) is 8.88. The van der Waals surface area contributed by atoms with E-state index >= 15 is 0 Å². The lowest BCUT2D eigenvalue weighted by molar-refractivity contribution is -0.143. The first-order valence-electron chi connectivity index (χ1n) is 9.04. The molecular weight excluding hydrogens is 469 g/mol. The minimum atomic E-state index is -5.19. The number of hydrogen-bond donors (Lipinski definition) is 0. The highest BCUT2D eigenvalue weighted by Gasteiger charge is 2.39. The molecule has 1 heterocycles. The number of rotatable bonds is 3. The maximum Gasteiger partial charge on any atom is 0.416 e. The smallest absolute Gasteiger partial charge is 0.336 e. The number of amides is 1. The molecule has 0 spiro atoms. The molecule has 13 heteroatoms. The summed E-state index contributed by atoms with van der Waals surface area (Å²) in [5.41, 5.74) is -3.33. The summed E-state index contributed by atoms with van der Waals surface area (Å²) in [5, 5.41) is 0. The normalized spacial score (nSPS) is 16.3. The minimum Gasteiger partial charge on any atom is -0.336 e. The van der Waals surface area contributed by atoms with Crippen molar-refractivity contribution in [1.29, 1.82) is 0 Å². The lowest BCUT2D eigenvalue weighted by Crippen LogP contribution is -2.50. The Morgan fingerprint density at radius 2 is 1.25 bits per heavy atom. The number of piperazine rings is 1. The van der Waals surface area contributed by atoms with Crippen molar-refractivity contribution in [3.63, 3.8) is 0 Å². The monoisotopic (exact) mass is 484 g/mol. The van der Waals surface area contributed by atoms with Gasteiger partial charge in [-0.05, 0) is 42.5 Å². The number of halogens is 7. The van der Waals surface area contributed by atoms with Gasteiger partial charge in [0.15, 0.2) is 0 Å².